The van der Waals surface area contributed by atoms with Gasteiger partial charge in [-0.2, -0.15) is 0 Å². The van der Waals surface area contributed by atoms with E-state index in [9.17, 15) is 5.11 Å². The summed E-state index contributed by atoms with van der Waals surface area (Å²) in [6.45, 7) is 0. The molecule has 0 bridgehead atoms. The van der Waals surface area contributed by atoms with E-state index in [0.29, 0.717) is 0 Å². The van der Waals surface area contributed by atoms with Gasteiger partial charge in [0, 0.05) is 17.9 Å². The second kappa shape index (κ2) is 4.46. The van der Waals surface area contributed by atoms with E-state index < -0.39 is 0 Å². The van der Waals surface area contributed by atoms with Gasteiger partial charge in [0.25, 0.3) is 0 Å². The molecule has 0 aliphatic heterocycles. The summed E-state index contributed by atoms with van der Waals surface area (Å²) < 4.78 is 2.32. The summed E-state index contributed by atoms with van der Waals surface area (Å²) in [4.78, 5) is 0. The number of aliphatic hydroxyl groups excluding tert-OH is 1. The van der Waals surface area contributed by atoms with Crippen LogP contribution in [-0.4, -0.2) is 15.8 Å². The monoisotopic (exact) mass is 234 g/mol. The van der Waals surface area contributed by atoms with Crippen molar-refractivity contribution in [1.29, 1.82) is 0 Å². The number of hydrogen-bond donors (Lipinski definition) is 2. The Morgan fingerprint density at radius 2 is 2.00 bits per heavy atom. The average Bonchev–Trinajstić information content (AvgIpc) is 2.75. The molecule has 3 N–H and O–H groups in total. The lowest BCUT2D eigenvalue weighted by Gasteiger charge is -2.32. The Kier molecular flexibility index (Phi) is 2.97. The summed E-state index contributed by atoms with van der Waals surface area (Å²) in [6, 6.07) is 2.67. The molecule has 1 heterocycles. The van der Waals surface area contributed by atoms with Crippen LogP contribution in [0.25, 0.3) is 0 Å². The zero-order chi connectivity index (χ0) is 11.8. The predicted molar refractivity (Wildman–Crippen MR) is 67.8 cm³/mol. The molecule has 3 atom stereocenters. The van der Waals surface area contributed by atoms with Gasteiger partial charge in [0.1, 0.15) is 0 Å². The van der Waals surface area contributed by atoms with Crippen molar-refractivity contribution in [3.8, 4) is 0 Å². The Bertz CT molecular complexity index is 399. The van der Waals surface area contributed by atoms with Gasteiger partial charge in [-0.3, -0.25) is 0 Å². The lowest BCUT2D eigenvalue weighted by Crippen LogP contribution is -2.29. The number of fused-ring (bicyclic) bond motifs is 1. The summed E-state index contributed by atoms with van der Waals surface area (Å²) in [6.07, 6.45) is 9.85. The van der Waals surface area contributed by atoms with E-state index in [1.165, 1.54) is 30.5 Å². The molecule has 1 aromatic rings. The fourth-order valence-electron chi connectivity index (χ4n) is 3.48. The van der Waals surface area contributed by atoms with Crippen LogP contribution in [0.3, 0.4) is 0 Å². The van der Waals surface area contributed by atoms with Crippen LogP contribution in [0, 0.1) is 0 Å². The fraction of sp³-hybridized carbons (Fsp3) is 0.714. The first-order valence-corrected chi connectivity index (χ1v) is 6.90. The third kappa shape index (κ3) is 1.91. The third-order valence-electron chi connectivity index (χ3n) is 4.44. The molecule has 2 aliphatic carbocycles. The van der Waals surface area contributed by atoms with Gasteiger partial charge < -0.3 is 15.4 Å². The van der Waals surface area contributed by atoms with Crippen LogP contribution in [-0.2, 0) is 6.42 Å². The molecule has 3 nitrogen and oxygen atoms in total. The molecular formula is C14H22N2O. The summed E-state index contributed by atoms with van der Waals surface area (Å²) >= 11 is 0. The van der Waals surface area contributed by atoms with Crippen molar-refractivity contribution in [2.75, 3.05) is 0 Å². The minimum Gasteiger partial charge on any atom is -0.391 e. The van der Waals surface area contributed by atoms with E-state index >= 15 is 0 Å². The molecule has 3 rings (SSSR count). The van der Waals surface area contributed by atoms with Gasteiger partial charge in [0.15, 0.2) is 0 Å². The molecule has 0 spiro atoms. The molecule has 2 aliphatic rings. The minimum absolute atomic E-state index is 0.168. The zero-order valence-electron chi connectivity index (χ0n) is 10.3. The molecule has 1 aromatic heterocycles. The Hall–Kier alpha value is -0.800. The van der Waals surface area contributed by atoms with Crippen molar-refractivity contribution in [3.63, 3.8) is 0 Å². The first-order valence-electron chi connectivity index (χ1n) is 6.90. The van der Waals surface area contributed by atoms with Crippen molar-refractivity contribution in [3.05, 3.63) is 23.5 Å². The second-order valence-corrected chi connectivity index (χ2v) is 5.54. The van der Waals surface area contributed by atoms with Crippen molar-refractivity contribution < 1.29 is 5.11 Å². The molecular weight excluding hydrogens is 212 g/mol. The molecule has 3 unspecified atom stereocenters. The molecule has 1 fully saturated rings. The van der Waals surface area contributed by atoms with Gasteiger partial charge in [-0.1, -0.05) is 12.8 Å². The van der Waals surface area contributed by atoms with Gasteiger partial charge in [-0.05, 0) is 43.7 Å². The Labute approximate surface area is 103 Å². The average molecular weight is 234 g/mol. The molecule has 17 heavy (non-hydrogen) atoms. The van der Waals surface area contributed by atoms with Crippen molar-refractivity contribution in [1.82, 2.24) is 4.57 Å². The van der Waals surface area contributed by atoms with Crippen LogP contribution in [0.5, 0.6) is 0 Å². The summed E-state index contributed by atoms with van der Waals surface area (Å²) in [7, 11) is 0. The number of rotatable bonds is 1. The zero-order valence-corrected chi connectivity index (χ0v) is 10.3. The van der Waals surface area contributed by atoms with Crippen molar-refractivity contribution in [2.24, 2.45) is 5.73 Å². The van der Waals surface area contributed by atoms with Gasteiger partial charge in [-0.15, -0.1) is 0 Å². The Balaban J connectivity index is 1.92. The predicted octanol–water partition coefficient (Wildman–Crippen LogP) is 2.30. The molecule has 94 valence electrons. The highest BCUT2D eigenvalue weighted by Crippen LogP contribution is 2.35. The fourth-order valence-corrected chi connectivity index (χ4v) is 3.48. The third-order valence-corrected chi connectivity index (χ3v) is 4.44. The van der Waals surface area contributed by atoms with Crippen LogP contribution >= 0.6 is 0 Å². The highest BCUT2D eigenvalue weighted by Gasteiger charge is 2.28. The molecule has 0 radical (unpaired) electrons. The van der Waals surface area contributed by atoms with Crippen molar-refractivity contribution >= 4 is 0 Å². The first kappa shape index (κ1) is 11.3. The van der Waals surface area contributed by atoms with E-state index in [4.69, 9.17) is 5.73 Å². The van der Waals surface area contributed by atoms with Crippen LogP contribution in [0.15, 0.2) is 12.3 Å². The van der Waals surface area contributed by atoms with Gasteiger partial charge in [0.05, 0.1) is 12.1 Å². The van der Waals surface area contributed by atoms with Gasteiger partial charge in [-0.25, -0.2) is 0 Å². The number of hydrogen-bond acceptors (Lipinski definition) is 2. The topological polar surface area (TPSA) is 51.2 Å². The lowest BCUT2D eigenvalue weighted by atomic mass is 9.90. The van der Waals surface area contributed by atoms with Crippen LogP contribution in [0.4, 0.5) is 0 Å². The number of aliphatic hydroxyl groups is 1. The summed E-state index contributed by atoms with van der Waals surface area (Å²) in [5.41, 5.74) is 8.85. The second-order valence-electron chi connectivity index (χ2n) is 5.54. The molecule has 0 aromatic carbocycles. The normalized spacial score (nSPS) is 33.4. The van der Waals surface area contributed by atoms with E-state index in [1.54, 1.807) is 0 Å². The SMILES string of the molecule is NC1CCCc2c1ccn2C1CCCCC1O. The summed E-state index contributed by atoms with van der Waals surface area (Å²) in [5.74, 6) is 0. The summed E-state index contributed by atoms with van der Waals surface area (Å²) in [5, 5.41) is 10.2. The van der Waals surface area contributed by atoms with E-state index in [-0.39, 0.29) is 18.2 Å². The number of nitrogens with zero attached hydrogens (tertiary/aromatic N) is 1. The lowest BCUT2D eigenvalue weighted by molar-refractivity contribution is 0.0741. The number of nitrogens with two attached hydrogens (primary N) is 1. The van der Waals surface area contributed by atoms with Crippen LogP contribution < -0.4 is 5.73 Å². The standard InChI is InChI=1S/C14H22N2O/c15-11-4-3-6-12-10(11)8-9-16(12)13-5-1-2-7-14(13)17/h8-9,11,13-14,17H,1-7,15H2. The first-order chi connectivity index (χ1) is 8.27. The van der Waals surface area contributed by atoms with E-state index in [1.807, 2.05) is 0 Å². The van der Waals surface area contributed by atoms with Crippen molar-refractivity contribution in [2.45, 2.75) is 63.1 Å². The molecule has 0 amide bonds. The van der Waals surface area contributed by atoms with E-state index in [0.717, 1.165) is 25.7 Å². The quantitative estimate of drug-likeness (QED) is 0.783. The van der Waals surface area contributed by atoms with Crippen LogP contribution in [0.2, 0.25) is 0 Å². The van der Waals surface area contributed by atoms with Gasteiger partial charge >= 0.3 is 0 Å². The minimum atomic E-state index is -0.168. The highest BCUT2D eigenvalue weighted by atomic mass is 16.3. The molecule has 0 saturated heterocycles. The maximum atomic E-state index is 10.2. The Morgan fingerprint density at radius 3 is 2.82 bits per heavy atom. The maximum Gasteiger partial charge on any atom is 0.0747 e. The van der Waals surface area contributed by atoms with E-state index in [2.05, 4.69) is 16.8 Å². The Morgan fingerprint density at radius 1 is 1.18 bits per heavy atom. The molecule has 3 heteroatoms. The largest absolute Gasteiger partial charge is 0.391 e. The number of aromatic nitrogens is 1. The molecule has 1 saturated carbocycles. The highest BCUT2D eigenvalue weighted by molar-refractivity contribution is 5.29. The van der Waals surface area contributed by atoms with Crippen LogP contribution in [0.1, 0.15) is 61.9 Å². The smallest absolute Gasteiger partial charge is 0.0747 e. The maximum absolute atomic E-state index is 10.2. The van der Waals surface area contributed by atoms with Gasteiger partial charge in [0.2, 0.25) is 0 Å².